The van der Waals surface area contributed by atoms with Gasteiger partial charge in [0.15, 0.2) is 5.65 Å². The maximum absolute atomic E-state index is 5.76. The van der Waals surface area contributed by atoms with Gasteiger partial charge in [-0.15, -0.1) is 0 Å². The summed E-state index contributed by atoms with van der Waals surface area (Å²) in [5.74, 6) is 1.44. The lowest BCUT2D eigenvalue weighted by Gasteiger charge is -2.36. The van der Waals surface area contributed by atoms with Crippen LogP contribution in [0.3, 0.4) is 0 Å². The maximum atomic E-state index is 5.76. The summed E-state index contributed by atoms with van der Waals surface area (Å²) >= 11 is 0. The van der Waals surface area contributed by atoms with Crippen LogP contribution in [0.15, 0.2) is 6.20 Å². The molecule has 0 spiro atoms. The molecule has 3 rings (SSSR count). The zero-order chi connectivity index (χ0) is 14.9. The fraction of sp³-hybridized carbons (Fsp3) is 0.643. The van der Waals surface area contributed by atoms with Crippen LogP contribution in [-0.2, 0) is 4.74 Å². The molecule has 7 nitrogen and oxygen atoms in total. The Labute approximate surface area is 123 Å². The van der Waals surface area contributed by atoms with Crippen LogP contribution in [0.2, 0.25) is 0 Å². The Bertz CT molecular complexity index is 623. The zero-order valence-corrected chi connectivity index (χ0v) is 12.7. The highest BCUT2D eigenvalue weighted by Gasteiger charge is 2.29. The highest BCUT2D eigenvalue weighted by Crippen LogP contribution is 2.28. The van der Waals surface area contributed by atoms with Crippen LogP contribution in [0.4, 0.5) is 11.8 Å². The van der Waals surface area contributed by atoms with E-state index < -0.39 is 0 Å². The fourth-order valence-electron chi connectivity index (χ4n) is 2.73. The van der Waals surface area contributed by atoms with Gasteiger partial charge in [0.05, 0.1) is 17.2 Å². The summed E-state index contributed by atoms with van der Waals surface area (Å²) in [6.07, 6.45) is 3.69. The van der Waals surface area contributed by atoms with Gasteiger partial charge in [0, 0.05) is 19.2 Å². The Morgan fingerprint density at radius 2 is 2.29 bits per heavy atom. The van der Waals surface area contributed by atoms with Crippen molar-refractivity contribution < 1.29 is 4.74 Å². The molecule has 2 aromatic rings. The number of H-pyrrole nitrogens is 1. The number of aromatic amines is 1. The van der Waals surface area contributed by atoms with Gasteiger partial charge in [-0.3, -0.25) is 5.10 Å². The van der Waals surface area contributed by atoms with Gasteiger partial charge >= 0.3 is 0 Å². The van der Waals surface area contributed by atoms with Crippen molar-refractivity contribution in [2.75, 3.05) is 23.8 Å². The molecule has 3 heterocycles. The molecular weight excluding hydrogens is 268 g/mol. The first-order valence-electron chi connectivity index (χ1n) is 7.43. The standard InChI is InChI=1S/C14H22N6O/c1-4-15-13-18-11(10-8-16-20-12(10)19-13)17-9-5-6-21-14(2,3)7-9/h8-9H,4-7H2,1-3H3,(H3,15,16,17,18,19,20). The van der Waals surface area contributed by atoms with Crippen molar-refractivity contribution in [2.45, 2.75) is 45.3 Å². The number of nitrogens with zero attached hydrogens (tertiary/aromatic N) is 3. The van der Waals surface area contributed by atoms with E-state index in [0.29, 0.717) is 12.0 Å². The van der Waals surface area contributed by atoms with E-state index in [1.165, 1.54) is 0 Å². The highest BCUT2D eigenvalue weighted by molar-refractivity contribution is 5.87. The second-order valence-corrected chi connectivity index (χ2v) is 6.00. The molecule has 1 fully saturated rings. The third-order valence-electron chi connectivity index (χ3n) is 3.68. The largest absolute Gasteiger partial charge is 0.375 e. The summed E-state index contributed by atoms with van der Waals surface area (Å²) in [7, 11) is 0. The average Bonchev–Trinajstić information content (AvgIpc) is 2.86. The molecule has 2 aromatic heterocycles. The smallest absolute Gasteiger partial charge is 0.226 e. The third-order valence-corrected chi connectivity index (χ3v) is 3.68. The predicted octanol–water partition coefficient (Wildman–Crippen LogP) is 2.15. The van der Waals surface area contributed by atoms with Gasteiger partial charge in [-0.1, -0.05) is 0 Å². The molecule has 0 saturated carbocycles. The summed E-state index contributed by atoms with van der Waals surface area (Å²) in [5, 5.41) is 14.6. The second kappa shape index (κ2) is 5.48. The molecule has 114 valence electrons. The number of anilines is 2. The number of hydrogen-bond acceptors (Lipinski definition) is 6. The molecule has 1 aliphatic heterocycles. The molecule has 1 unspecified atom stereocenters. The molecule has 0 radical (unpaired) electrons. The first kappa shape index (κ1) is 14.1. The van der Waals surface area contributed by atoms with Crippen molar-refractivity contribution in [1.29, 1.82) is 0 Å². The number of aromatic nitrogens is 4. The van der Waals surface area contributed by atoms with Crippen molar-refractivity contribution >= 4 is 22.8 Å². The molecule has 1 aliphatic rings. The van der Waals surface area contributed by atoms with Crippen molar-refractivity contribution in [3.63, 3.8) is 0 Å². The Morgan fingerprint density at radius 1 is 1.43 bits per heavy atom. The first-order valence-corrected chi connectivity index (χ1v) is 7.43. The number of fused-ring (bicyclic) bond motifs is 1. The van der Waals surface area contributed by atoms with Gasteiger partial charge < -0.3 is 15.4 Å². The van der Waals surface area contributed by atoms with Crippen LogP contribution in [0.5, 0.6) is 0 Å². The lowest BCUT2D eigenvalue weighted by atomic mass is 9.94. The highest BCUT2D eigenvalue weighted by atomic mass is 16.5. The van der Waals surface area contributed by atoms with Crippen LogP contribution >= 0.6 is 0 Å². The maximum Gasteiger partial charge on any atom is 0.226 e. The SMILES string of the molecule is CCNc1nc(NC2CCOC(C)(C)C2)c2cn[nH]c2n1. The number of rotatable bonds is 4. The van der Waals surface area contributed by atoms with E-state index in [2.05, 4.69) is 44.6 Å². The lowest BCUT2D eigenvalue weighted by Crippen LogP contribution is -2.40. The number of hydrogen-bond donors (Lipinski definition) is 3. The minimum atomic E-state index is -0.0943. The van der Waals surface area contributed by atoms with Gasteiger partial charge in [0.2, 0.25) is 5.95 Å². The molecule has 7 heteroatoms. The predicted molar refractivity (Wildman–Crippen MR) is 82.5 cm³/mol. The summed E-state index contributed by atoms with van der Waals surface area (Å²) in [6.45, 7) is 7.82. The quantitative estimate of drug-likeness (QED) is 0.799. The number of ether oxygens (including phenoxy) is 1. The van der Waals surface area contributed by atoms with E-state index >= 15 is 0 Å². The van der Waals surface area contributed by atoms with Crippen LogP contribution in [0.25, 0.3) is 11.0 Å². The summed E-state index contributed by atoms with van der Waals surface area (Å²) in [5.41, 5.74) is 0.651. The van der Waals surface area contributed by atoms with E-state index in [1.54, 1.807) is 6.20 Å². The molecule has 0 bridgehead atoms. The van der Waals surface area contributed by atoms with Crippen LogP contribution < -0.4 is 10.6 Å². The Balaban J connectivity index is 1.86. The molecule has 1 atom stereocenters. The summed E-state index contributed by atoms with van der Waals surface area (Å²) in [6, 6.07) is 0.344. The number of nitrogens with one attached hydrogen (secondary N) is 3. The minimum Gasteiger partial charge on any atom is -0.375 e. The van der Waals surface area contributed by atoms with Crippen LogP contribution in [0.1, 0.15) is 33.6 Å². The first-order chi connectivity index (χ1) is 10.1. The normalized spacial score (nSPS) is 21.4. The van der Waals surface area contributed by atoms with E-state index in [4.69, 9.17) is 4.74 Å². The van der Waals surface area contributed by atoms with Gasteiger partial charge in [-0.05, 0) is 33.6 Å². The molecule has 21 heavy (non-hydrogen) atoms. The van der Waals surface area contributed by atoms with E-state index in [-0.39, 0.29) is 5.60 Å². The van der Waals surface area contributed by atoms with Gasteiger partial charge in [-0.2, -0.15) is 15.1 Å². The zero-order valence-electron chi connectivity index (χ0n) is 12.7. The lowest BCUT2D eigenvalue weighted by molar-refractivity contribution is -0.0553. The van der Waals surface area contributed by atoms with Gasteiger partial charge in [-0.25, -0.2) is 0 Å². The molecule has 0 aliphatic carbocycles. The van der Waals surface area contributed by atoms with Gasteiger partial charge in [0.25, 0.3) is 0 Å². The Hall–Kier alpha value is -1.89. The fourth-order valence-corrected chi connectivity index (χ4v) is 2.73. The average molecular weight is 290 g/mol. The van der Waals surface area contributed by atoms with E-state index in [0.717, 1.165) is 42.8 Å². The van der Waals surface area contributed by atoms with E-state index in [9.17, 15) is 0 Å². The minimum absolute atomic E-state index is 0.0943. The molecule has 0 amide bonds. The van der Waals surface area contributed by atoms with Crippen LogP contribution in [-0.4, -0.2) is 45.0 Å². The van der Waals surface area contributed by atoms with E-state index in [1.807, 2.05) is 6.92 Å². The van der Waals surface area contributed by atoms with Crippen molar-refractivity contribution in [1.82, 2.24) is 20.2 Å². The van der Waals surface area contributed by atoms with Gasteiger partial charge in [0.1, 0.15) is 5.82 Å². The molecule has 0 aromatic carbocycles. The topological polar surface area (TPSA) is 87.8 Å². The molecule has 1 saturated heterocycles. The van der Waals surface area contributed by atoms with Crippen molar-refractivity contribution in [3.8, 4) is 0 Å². The third kappa shape index (κ3) is 3.07. The summed E-state index contributed by atoms with van der Waals surface area (Å²) in [4.78, 5) is 8.97. The monoisotopic (exact) mass is 290 g/mol. The molecule has 3 N–H and O–H groups in total. The summed E-state index contributed by atoms with van der Waals surface area (Å²) < 4.78 is 5.76. The van der Waals surface area contributed by atoms with Crippen molar-refractivity contribution in [2.24, 2.45) is 0 Å². The Morgan fingerprint density at radius 3 is 3.05 bits per heavy atom. The Kier molecular flexibility index (Phi) is 3.67. The van der Waals surface area contributed by atoms with Crippen LogP contribution in [0, 0.1) is 0 Å². The molecular formula is C14H22N6O. The van der Waals surface area contributed by atoms with Crippen molar-refractivity contribution in [3.05, 3.63) is 6.20 Å². The second-order valence-electron chi connectivity index (χ2n) is 6.00.